The number of hydrogen-bond donors (Lipinski definition) is 1. The number of ether oxygens (including phenoxy) is 4. The lowest BCUT2D eigenvalue weighted by molar-refractivity contribution is -0.143. The third-order valence-corrected chi connectivity index (χ3v) is 7.43. The largest absolute Gasteiger partial charge is 0.491 e. The Labute approximate surface area is 243 Å². The maximum atomic E-state index is 13.5. The van der Waals surface area contributed by atoms with E-state index < -0.39 is 17.9 Å². The van der Waals surface area contributed by atoms with Crippen LogP contribution in [0.3, 0.4) is 0 Å². The number of carbonyl (C=O) groups is 1. The first-order valence-corrected chi connectivity index (χ1v) is 13.9. The first-order valence-electron chi connectivity index (χ1n) is 13.2. The highest BCUT2D eigenvalue weighted by atomic mass is 35.5. The van der Waals surface area contributed by atoms with Gasteiger partial charge in [0.05, 0.1) is 6.61 Å². The number of aromatic nitrogens is 1. The van der Waals surface area contributed by atoms with Crippen LogP contribution in [0.25, 0.3) is 10.9 Å². The minimum atomic E-state index is -0.610. The molecule has 5 rings (SSSR count). The lowest BCUT2D eigenvalue weighted by atomic mass is 9.93. The molecule has 2 atom stereocenters. The third kappa shape index (κ3) is 6.23. The van der Waals surface area contributed by atoms with Crippen LogP contribution in [0.4, 0.5) is 4.79 Å². The van der Waals surface area contributed by atoms with E-state index in [4.69, 9.17) is 42.1 Å². The van der Waals surface area contributed by atoms with Gasteiger partial charge in [0.15, 0.2) is 5.79 Å². The molecule has 9 heteroatoms. The first-order chi connectivity index (χ1) is 19.1. The fourth-order valence-corrected chi connectivity index (χ4v) is 5.35. The molecule has 0 spiro atoms. The summed E-state index contributed by atoms with van der Waals surface area (Å²) in [4.78, 5) is 18.6. The molecule has 3 heterocycles. The van der Waals surface area contributed by atoms with Crippen LogP contribution < -0.4 is 4.74 Å². The number of hydrogen-bond acceptors (Lipinski definition) is 5. The van der Waals surface area contributed by atoms with E-state index in [0.29, 0.717) is 53.3 Å². The van der Waals surface area contributed by atoms with E-state index in [0.717, 1.165) is 22.2 Å². The highest BCUT2D eigenvalue weighted by molar-refractivity contribution is 6.31. The number of nitrogens with zero attached hydrogens (tertiary/aromatic N) is 1. The number of aromatic amines is 1. The van der Waals surface area contributed by atoms with Crippen molar-refractivity contribution in [2.24, 2.45) is 0 Å². The summed E-state index contributed by atoms with van der Waals surface area (Å²) in [5, 5.41) is 2.26. The number of benzene rings is 2. The summed E-state index contributed by atoms with van der Waals surface area (Å²) in [6, 6.07) is 12.0. The molecule has 0 bridgehead atoms. The average Bonchev–Trinajstić information content (AvgIpc) is 3.47. The van der Waals surface area contributed by atoms with Crippen LogP contribution >= 0.6 is 23.2 Å². The number of halogens is 2. The Morgan fingerprint density at radius 2 is 1.93 bits per heavy atom. The lowest BCUT2D eigenvalue weighted by Crippen LogP contribution is -2.42. The summed E-state index contributed by atoms with van der Waals surface area (Å²) in [6.07, 6.45) is 5.59. The number of rotatable bonds is 7. The summed E-state index contributed by atoms with van der Waals surface area (Å²) in [6.45, 7) is 11.3. The van der Waals surface area contributed by atoms with E-state index in [1.165, 1.54) is 0 Å². The maximum Gasteiger partial charge on any atom is 0.416 e. The van der Waals surface area contributed by atoms with Crippen LogP contribution in [0.2, 0.25) is 10.0 Å². The third-order valence-electron chi connectivity index (χ3n) is 6.94. The molecule has 2 aliphatic rings. The fourth-order valence-electron chi connectivity index (χ4n) is 5.05. The molecule has 2 aromatic carbocycles. The summed E-state index contributed by atoms with van der Waals surface area (Å²) >= 11 is 12.3. The summed E-state index contributed by atoms with van der Waals surface area (Å²) in [5.41, 5.74) is 3.63. The Hall–Kier alpha value is -3.23. The van der Waals surface area contributed by atoms with Crippen LogP contribution in [0, 0.1) is 0 Å². The Morgan fingerprint density at radius 3 is 2.62 bits per heavy atom. The second-order valence-corrected chi connectivity index (χ2v) is 11.1. The fraction of sp³-hybridized carbons (Fsp3) is 0.323. The highest BCUT2D eigenvalue weighted by Gasteiger charge is 2.36. The van der Waals surface area contributed by atoms with Crippen LogP contribution in [0.5, 0.6) is 5.75 Å². The number of H-pyrrole nitrogens is 1. The van der Waals surface area contributed by atoms with E-state index in [1.807, 2.05) is 57.2 Å². The van der Waals surface area contributed by atoms with Gasteiger partial charge in [0.1, 0.15) is 30.3 Å². The molecule has 1 N–H and O–H groups in total. The normalized spacial score (nSPS) is 20.6. The van der Waals surface area contributed by atoms with Crippen molar-refractivity contribution in [1.82, 2.24) is 9.88 Å². The smallest absolute Gasteiger partial charge is 0.416 e. The Kier molecular flexibility index (Phi) is 8.29. The standard InChI is InChI=1S/C31H32Cl2N2O5/c1-5-22(37-17-24-18-38-31(3,4)40-24)10-6-19(2)29-28-25(26-16-21(33)9-13-27(26)34-28)14-15-35(29)30(36)39-23-11-7-20(32)8-12-23/h5-13,16,24,29,34H,2,14-15,17-18H2,1,3-4H3/b10-6-,22-5+/t24-,29+/m1/s1. The van der Waals surface area contributed by atoms with Crippen molar-refractivity contribution in [3.63, 3.8) is 0 Å². The van der Waals surface area contributed by atoms with Crippen LogP contribution in [0.15, 0.2) is 78.6 Å². The van der Waals surface area contributed by atoms with Crippen molar-refractivity contribution in [3.8, 4) is 5.75 Å². The maximum absolute atomic E-state index is 13.5. The topological polar surface area (TPSA) is 73.0 Å². The zero-order valence-electron chi connectivity index (χ0n) is 22.7. The SMILES string of the molecule is C=C(/C=C\C(=C/C)OC[C@@H]1COC(C)(C)O1)[C@H]1c2[nH]c3ccc(Cl)cc3c2CCN1C(=O)Oc1ccc(Cl)cc1. The zero-order chi connectivity index (χ0) is 28.4. The molecule has 0 unspecified atom stereocenters. The molecular weight excluding hydrogens is 551 g/mol. The molecule has 1 amide bonds. The van der Waals surface area contributed by atoms with Gasteiger partial charge in [0, 0.05) is 33.2 Å². The predicted octanol–water partition coefficient (Wildman–Crippen LogP) is 7.76. The van der Waals surface area contributed by atoms with Crippen molar-refractivity contribution in [2.45, 2.75) is 45.1 Å². The van der Waals surface area contributed by atoms with Gasteiger partial charge in [0.2, 0.25) is 0 Å². The number of amides is 1. The van der Waals surface area contributed by atoms with Gasteiger partial charge >= 0.3 is 6.09 Å². The average molecular weight is 584 g/mol. The zero-order valence-corrected chi connectivity index (χ0v) is 24.2. The Balaban J connectivity index is 1.39. The van der Waals surface area contributed by atoms with Gasteiger partial charge in [-0.05, 0) is 92.9 Å². The molecule has 1 saturated heterocycles. The summed E-state index contributed by atoms with van der Waals surface area (Å²) in [5.74, 6) is 0.458. The number of allylic oxidation sites excluding steroid dienone is 2. The molecule has 0 saturated carbocycles. The van der Waals surface area contributed by atoms with Gasteiger partial charge in [-0.3, -0.25) is 4.90 Å². The quantitative estimate of drug-likeness (QED) is 0.227. The molecule has 3 aromatic rings. The molecule has 1 aromatic heterocycles. The Morgan fingerprint density at radius 1 is 1.18 bits per heavy atom. The van der Waals surface area contributed by atoms with Gasteiger partial charge in [-0.15, -0.1) is 0 Å². The number of nitrogens with one attached hydrogen (secondary N) is 1. The van der Waals surface area contributed by atoms with Gasteiger partial charge in [-0.2, -0.15) is 0 Å². The number of carbonyl (C=O) groups excluding carboxylic acids is 1. The monoisotopic (exact) mass is 582 g/mol. The van der Waals surface area contributed by atoms with Gasteiger partial charge in [-0.1, -0.05) is 35.9 Å². The highest BCUT2D eigenvalue weighted by Crippen LogP contribution is 2.39. The minimum absolute atomic E-state index is 0.154. The minimum Gasteiger partial charge on any atom is -0.491 e. The van der Waals surface area contributed by atoms with Crippen molar-refractivity contribution < 1.29 is 23.7 Å². The van der Waals surface area contributed by atoms with Crippen LogP contribution in [-0.2, 0) is 20.6 Å². The van der Waals surface area contributed by atoms with Crippen molar-refractivity contribution in [1.29, 1.82) is 0 Å². The van der Waals surface area contributed by atoms with Crippen LogP contribution in [-0.4, -0.2) is 47.6 Å². The van der Waals surface area contributed by atoms with E-state index in [-0.39, 0.29) is 6.10 Å². The van der Waals surface area contributed by atoms with Gasteiger partial charge in [0.25, 0.3) is 0 Å². The lowest BCUT2D eigenvalue weighted by Gasteiger charge is -2.35. The molecule has 7 nitrogen and oxygen atoms in total. The summed E-state index contributed by atoms with van der Waals surface area (Å²) < 4.78 is 23.2. The van der Waals surface area contributed by atoms with Crippen molar-refractivity contribution in [3.05, 3.63) is 99.9 Å². The van der Waals surface area contributed by atoms with Crippen molar-refractivity contribution >= 4 is 40.2 Å². The summed E-state index contributed by atoms with van der Waals surface area (Å²) in [7, 11) is 0. The van der Waals surface area contributed by atoms with E-state index in [2.05, 4.69) is 11.6 Å². The second-order valence-electron chi connectivity index (χ2n) is 10.2. The molecule has 1 fully saturated rings. The molecule has 2 aliphatic heterocycles. The molecule has 210 valence electrons. The first kappa shape index (κ1) is 28.3. The van der Waals surface area contributed by atoms with E-state index in [1.54, 1.807) is 29.2 Å². The van der Waals surface area contributed by atoms with E-state index in [9.17, 15) is 4.79 Å². The van der Waals surface area contributed by atoms with Crippen molar-refractivity contribution in [2.75, 3.05) is 19.8 Å². The molecular formula is C31H32Cl2N2O5. The molecule has 40 heavy (non-hydrogen) atoms. The second kappa shape index (κ2) is 11.7. The predicted molar refractivity (Wildman–Crippen MR) is 157 cm³/mol. The van der Waals surface area contributed by atoms with Gasteiger partial charge < -0.3 is 23.9 Å². The van der Waals surface area contributed by atoms with Gasteiger partial charge in [-0.25, -0.2) is 4.79 Å². The van der Waals surface area contributed by atoms with Crippen LogP contribution in [0.1, 0.15) is 38.1 Å². The van der Waals surface area contributed by atoms with E-state index >= 15 is 0 Å². The molecule has 0 aliphatic carbocycles. The molecule has 0 radical (unpaired) electrons. The Bertz CT molecular complexity index is 1470. The number of fused-ring (bicyclic) bond motifs is 3.